The average molecular weight is 286 g/mol. The van der Waals surface area contributed by atoms with E-state index in [9.17, 15) is 4.79 Å². The Bertz CT molecular complexity index is 625. The first-order valence-electron chi connectivity index (χ1n) is 7.08. The molecule has 0 bridgehead atoms. The molecule has 2 aromatic rings. The van der Waals surface area contributed by atoms with Crippen molar-refractivity contribution in [3.8, 4) is 5.75 Å². The van der Waals surface area contributed by atoms with Gasteiger partial charge in [0.25, 0.3) is 0 Å². The predicted octanol–water partition coefficient (Wildman–Crippen LogP) is 2.26. The molecule has 0 saturated carbocycles. The molecule has 1 aliphatic rings. The number of anilines is 1. The molecule has 1 heterocycles. The summed E-state index contributed by atoms with van der Waals surface area (Å²) in [5, 5.41) is 9.07. The molecule has 1 aromatic carbocycles. The summed E-state index contributed by atoms with van der Waals surface area (Å²) >= 11 is 0. The molecule has 0 unspecified atom stereocenters. The lowest BCUT2D eigenvalue weighted by Crippen LogP contribution is -2.19. The molecule has 1 atom stereocenters. The number of aromatic nitrogens is 3. The molecule has 0 aliphatic heterocycles. The third kappa shape index (κ3) is 3.04. The van der Waals surface area contributed by atoms with Crippen LogP contribution in [0.4, 0.5) is 5.95 Å². The molecule has 0 spiro atoms. The molecule has 1 amide bonds. The Kier molecular flexibility index (Phi) is 3.85. The minimum Gasteiger partial charge on any atom is -0.497 e. The fourth-order valence-electron chi connectivity index (χ4n) is 2.90. The van der Waals surface area contributed by atoms with Gasteiger partial charge in [-0.2, -0.15) is 10.1 Å². The van der Waals surface area contributed by atoms with Crippen molar-refractivity contribution in [2.24, 2.45) is 0 Å². The first-order chi connectivity index (χ1) is 10.3. The maximum atomic E-state index is 12.1. The number of rotatable bonds is 4. The lowest BCUT2D eigenvalue weighted by Gasteiger charge is -2.25. The quantitative estimate of drug-likeness (QED) is 0.903. The van der Waals surface area contributed by atoms with Crippen molar-refractivity contribution in [3.05, 3.63) is 35.7 Å². The maximum absolute atomic E-state index is 12.1. The number of hydrogen-bond donors (Lipinski definition) is 2. The summed E-state index contributed by atoms with van der Waals surface area (Å²) < 4.78 is 5.27. The summed E-state index contributed by atoms with van der Waals surface area (Å²) in [6.45, 7) is 0. The number of nitrogens with zero attached hydrogens (tertiary/aromatic N) is 2. The van der Waals surface area contributed by atoms with E-state index in [0.29, 0.717) is 12.4 Å². The summed E-state index contributed by atoms with van der Waals surface area (Å²) in [5.41, 5.74) is 2.55. The third-order valence-electron chi connectivity index (χ3n) is 3.89. The van der Waals surface area contributed by atoms with Gasteiger partial charge in [-0.25, -0.2) is 5.10 Å². The van der Waals surface area contributed by atoms with Crippen LogP contribution in [0.2, 0.25) is 0 Å². The molecule has 1 aromatic heterocycles. The summed E-state index contributed by atoms with van der Waals surface area (Å²) in [7, 11) is 1.67. The highest BCUT2D eigenvalue weighted by atomic mass is 16.5. The van der Waals surface area contributed by atoms with Crippen LogP contribution in [0.15, 0.2) is 24.5 Å². The van der Waals surface area contributed by atoms with E-state index < -0.39 is 0 Å². The van der Waals surface area contributed by atoms with E-state index in [1.165, 1.54) is 17.5 Å². The summed E-state index contributed by atoms with van der Waals surface area (Å²) in [5.74, 6) is 1.48. The van der Waals surface area contributed by atoms with Crippen molar-refractivity contribution in [2.75, 3.05) is 12.4 Å². The van der Waals surface area contributed by atoms with Crippen LogP contribution in [-0.2, 0) is 11.2 Å². The molecule has 3 rings (SSSR count). The molecular weight excluding hydrogens is 268 g/mol. The second-order valence-electron chi connectivity index (χ2n) is 5.24. The van der Waals surface area contributed by atoms with Gasteiger partial charge < -0.3 is 4.74 Å². The average Bonchev–Trinajstić information content (AvgIpc) is 2.99. The van der Waals surface area contributed by atoms with Crippen molar-refractivity contribution in [3.63, 3.8) is 0 Å². The molecule has 0 radical (unpaired) electrons. The second kappa shape index (κ2) is 5.95. The van der Waals surface area contributed by atoms with Gasteiger partial charge in [-0.1, -0.05) is 6.07 Å². The van der Waals surface area contributed by atoms with E-state index in [-0.39, 0.29) is 11.8 Å². The van der Waals surface area contributed by atoms with Gasteiger partial charge in [0.05, 0.1) is 7.11 Å². The highest BCUT2D eigenvalue weighted by Gasteiger charge is 2.23. The Labute approximate surface area is 122 Å². The standard InChI is InChI=1S/C15H18N4O2/c1-21-12-5-6-13-10(7-12)3-2-4-11(13)8-14(20)18-15-16-9-17-19-15/h5-7,9,11H,2-4,8H2,1H3,(H2,16,17,18,19,20)/t11-/m0/s1. The number of ether oxygens (including phenoxy) is 1. The minimum atomic E-state index is -0.0413. The zero-order valence-electron chi connectivity index (χ0n) is 11.9. The molecule has 1 aliphatic carbocycles. The van der Waals surface area contributed by atoms with Gasteiger partial charge in [-0.15, -0.1) is 0 Å². The normalized spacial score (nSPS) is 17.1. The van der Waals surface area contributed by atoms with E-state index in [1.54, 1.807) is 7.11 Å². The predicted molar refractivity (Wildman–Crippen MR) is 78.3 cm³/mol. The number of hydrogen-bond acceptors (Lipinski definition) is 4. The molecule has 0 fully saturated rings. The summed E-state index contributed by atoms with van der Waals surface area (Å²) in [4.78, 5) is 16.0. The van der Waals surface area contributed by atoms with Gasteiger partial charge in [0.2, 0.25) is 11.9 Å². The van der Waals surface area contributed by atoms with Crippen molar-refractivity contribution in [1.82, 2.24) is 15.2 Å². The van der Waals surface area contributed by atoms with Crippen LogP contribution >= 0.6 is 0 Å². The Hall–Kier alpha value is -2.37. The Morgan fingerprint density at radius 3 is 3.19 bits per heavy atom. The molecule has 0 saturated heterocycles. The number of amides is 1. The van der Waals surface area contributed by atoms with Crippen molar-refractivity contribution < 1.29 is 9.53 Å². The fourth-order valence-corrected chi connectivity index (χ4v) is 2.90. The van der Waals surface area contributed by atoms with Crippen molar-refractivity contribution >= 4 is 11.9 Å². The van der Waals surface area contributed by atoms with Gasteiger partial charge in [0.15, 0.2) is 0 Å². The van der Waals surface area contributed by atoms with Crippen LogP contribution in [0.3, 0.4) is 0 Å². The van der Waals surface area contributed by atoms with E-state index in [0.717, 1.165) is 25.0 Å². The zero-order chi connectivity index (χ0) is 14.7. The number of fused-ring (bicyclic) bond motifs is 1. The first kappa shape index (κ1) is 13.6. The maximum Gasteiger partial charge on any atom is 0.227 e. The highest BCUT2D eigenvalue weighted by Crippen LogP contribution is 2.35. The van der Waals surface area contributed by atoms with Crippen LogP contribution in [-0.4, -0.2) is 28.2 Å². The monoisotopic (exact) mass is 286 g/mol. The van der Waals surface area contributed by atoms with Crippen molar-refractivity contribution in [2.45, 2.75) is 31.6 Å². The lowest BCUT2D eigenvalue weighted by molar-refractivity contribution is -0.116. The Balaban J connectivity index is 1.71. The van der Waals surface area contributed by atoms with Crippen LogP contribution in [0.5, 0.6) is 5.75 Å². The smallest absolute Gasteiger partial charge is 0.227 e. The minimum absolute atomic E-state index is 0.0413. The molecule has 6 heteroatoms. The number of benzene rings is 1. The number of H-pyrrole nitrogens is 1. The van der Waals surface area contributed by atoms with Crippen LogP contribution < -0.4 is 10.1 Å². The number of aryl methyl sites for hydroxylation is 1. The number of methoxy groups -OCH3 is 1. The first-order valence-corrected chi connectivity index (χ1v) is 7.08. The third-order valence-corrected chi connectivity index (χ3v) is 3.89. The van der Waals surface area contributed by atoms with Gasteiger partial charge >= 0.3 is 0 Å². The molecular formula is C15H18N4O2. The molecule has 21 heavy (non-hydrogen) atoms. The number of carbonyl (C=O) groups excluding carboxylic acids is 1. The number of aromatic amines is 1. The molecule has 2 N–H and O–H groups in total. The lowest BCUT2D eigenvalue weighted by atomic mass is 9.81. The Morgan fingerprint density at radius 2 is 2.43 bits per heavy atom. The van der Waals surface area contributed by atoms with Gasteiger partial charge in [-0.3, -0.25) is 10.1 Å². The van der Waals surface area contributed by atoms with Crippen LogP contribution in [0, 0.1) is 0 Å². The number of nitrogens with one attached hydrogen (secondary N) is 2. The van der Waals surface area contributed by atoms with Crippen LogP contribution in [0.1, 0.15) is 36.3 Å². The fraction of sp³-hybridized carbons (Fsp3) is 0.400. The summed E-state index contributed by atoms with van der Waals surface area (Å²) in [6, 6.07) is 6.13. The molecule has 110 valence electrons. The Morgan fingerprint density at radius 1 is 1.52 bits per heavy atom. The van der Waals surface area contributed by atoms with Gasteiger partial charge in [-0.05, 0) is 48.4 Å². The van der Waals surface area contributed by atoms with E-state index in [4.69, 9.17) is 4.74 Å². The van der Waals surface area contributed by atoms with Crippen LogP contribution in [0.25, 0.3) is 0 Å². The SMILES string of the molecule is COc1ccc2c(c1)CCC[C@H]2CC(=O)Nc1ncn[nH]1. The van der Waals surface area contributed by atoms with E-state index in [1.807, 2.05) is 6.07 Å². The van der Waals surface area contributed by atoms with E-state index >= 15 is 0 Å². The second-order valence-corrected chi connectivity index (χ2v) is 5.24. The zero-order valence-corrected chi connectivity index (χ0v) is 11.9. The topological polar surface area (TPSA) is 79.9 Å². The highest BCUT2D eigenvalue weighted by molar-refractivity contribution is 5.89. The van der Waals surface area contributed by atoms with Crippen molar-refractivity contribution in [1.29, 1.82) is 0 Å². The number of carbonyl (C=O) groups is 1. The van der Waals surface area contributed by atoms with Gasteiger partial charge in [0.1, 0.15) is 12.1 Å². The summed E-state index contributed by atoms with van der Waals surface area (Å²) in [6.07, 6.45) is 5.01. The molecule has 6 nitrogen and oxygen atoms in total. The largest absolute Gasteiger partial charge is 0.497 e. The van der Waals surface area contributed by atoms with E-state index in [2.05, 4.69) is 32.6 Å². The van der Waals surface area contributed by atoms with Gasteiger partial charge in [0, 0.05) is 6.42 Å².